The Morgan fingerprint density at radius 3 is 1.75 bits per heavy atom. The van der Waals surface area contributed by atoms with Crippen molar-refractivity contribution in [3.8, 4) is 51.0 Å². The lowest BCUT2D eigenvalue weighted by molar-refractivity contribution is 0.669. The summed E-state index contributed by atoms with van der Waals surface area (Å²) in [6.07, 6.45) is 0. The lowest BCUT2D eigenvalue weighted by atomic mass is 10.0. The van der Waals surface area contributed by atoms with Gasteiger partial charge in [-0.2, -0.15) is 0 Å². The SMILES string of the molecule is C[Si](C)(C)C1([Si](C)(C)C)c2ccccc2-c2ccc3c4c5c(ccc4n(-c4cccc(-c6nc(-c7ccccc7)nc(-c7ccccc7)n6)c4)c3c21)oc1ccccc15. The zero-order chi connectivity index (χ0) is 40.3. The van der Waals surface area contributed by atoms with Crippen LogP contribution in [0.25, 0.3) is 94.7 Å². The molecule has 1 aliphatic rings. The Hall–Kier alpha value is -6.42. The minimum atomic E-state index is -2.02. The molecule has 59 heavy (non-hydrogen) atoms. The van der Waals surface area contributed by atoms with E-state index in [0.29, 0.717) is 17.5 Å². The molecule has 11 rings (SSSR count). The van der Waals surface area contributed by atoms with Crippen molar-refractivity contribution in [3.05, 3.63) is 169 Å². The number of fused-ring (bicyclic) bond motifs is 11. The molecule has 286 valence electrons. The Morgan fingerprint density at radius 2 is 1.07 bits per heavy atom. The minimum Gasteiger partial charge on any atom is -0.456 e. The molecular weight excluding hydrogens is 753 g/mol. The van der Waals surface area contributed by atoms with E-state index in [0.717, 1.165) is 49.8 Å². The molecule has 0 saturated carbocycles. The predicted octanol–water partition coefficient (Wildman–Crippen LogP) is 13.9. The van der Waals surface area contributed by atoms with Crippen LogP contribution >= 0.6 is 0 Å². The molecule has 0 bridgehead atoms. The molecule has 0 radical (unpaired) electrons. The number of para-hydroxylation sites is 1. The first-order valence-corrected chi connectivity index (χ1v) is 27.5. The third-order valence-corrected chi connectivity index (χ3v) is 22.8. The van der Waals surface area contributed by atoms with Crippen molar-refractivity contribution in [1.82, 2.24) is 19.5 Å². The molecule has 0 unspecified atom stereocenters. The van der Waals surface area contributed by atoms with Crippen molar-refractivity contribution < 1.29 is 4.42 Å². The van der Waals surface area contributed by atoms with Crippen LogP contribution in [-0.4, -0.2) is 35.7 Å². The van der Waals surface area contributed by atoms with Gasteiger partial charge in [0.25, 0.3) is 0 Å². The van der Waals surface area contributed by atoms with Gasteiger partial charge in [-0.15, -0.1) is 0 Å². The van der Waals surface area contributed by atoms with Gasteiger partial charge in [0.15, 0.2) is 17.5 Å². The highest BCUT2D eigenvalue weighted by Crippen LogP contribution is 2.60. The number of rotatable bonds is 6. The summed E-state index contributed by atoms with van der Waals surface area (Å²) >= 11 is 0. The molecule has 0 aliphatic heterocycles. The average Bonchev–Trinajstić information content (AvgIpc) is 3.90. The summed E-state index contributed by atoms with van der Waals surface area (Å²) in [4.78, 5) is 15.3. The van der Waals surface area contributed by atoms with Gasteiger partial charge in [0.2, 0.25) is 0 Å². The fraction of sp³-hybridized carbons (Fsp3) is 0.135. The van der Waals surface area contributed by atoms with E-state index < -0.39 is 16.1 Å². The molecule has 0 atom stereocenters. The Morgan fingerprint density at radius 1 is 0.475 bits per heavy atom. The van der Waals surface area contributed by atoms with E-state index in [1.54, 1.807) is 0 Å². The Labute approximate surface area is 346 Å². The van der Waals surface area contributed by atoms with E-state index >= 15 is 0 Å². The van der Waals surface area contributed by atoms with Gasteiger partial charge in [0.1, 0.15) is 11.2 Å². The van der Waals surface area contributed by atoms with Crippen molar-refractivity contribution in [1.29, 1.82) is 0 Å². The molecule has 1 aliphatic carbocycles. The molecule has 0 fully saturated rings. The topological polar surface area (TPSA) is 56.7 Å². The van der Waals surface area contributed by atoms with Crippen molar-refractivity contribution in [2.45, 2.75) is 43.9 Å². The van der Waals surface area contributed by atoms with Gasteiger partial charge in [-0.3, -0.25) is 0 Å². The van der Waals surface area contributed by atoms with Gasteiger partial charge < -0.3 is 8.98 Å². The van der Waals surface area contributed by atoms with Crippen molar-refractivity contribution in [2.75, 3.05) is 0 Å². The lowest BCUT2D eigenvalue weighted by Gasteiger charge is -2.51. The van der Waals surface area contributed by atoms with E-state index in [4.69, 9.17) is 19.4 Å². The molecule has 7 aromatic carbocycles. The van der Waals surface area contributed by atoms with Crippen LogP contribution in [0.4, 0.5) is 0 Å². The molecule has 7 heteroatoms. The summed E-state index contributed by atoms with van der Waals surface area (Å²) in [5.74, 6) is 1.94. The fourth-order valence-corrected chi connectivity index (χ4v) is 23.9. The lowest BCUT2D eigenvalue weighted by Crippen LogP contribution is -2.63. The standard InChI is InChI=1S/C52H44N4OSi2/c1-58(2,3)52(59(4,5)6)41-26-15-13-24-37(41)38-28-29-40-45-42(30-31-44-46(45)39-25-14-16-27-43(39)57-44)56(48(40)47(38)52)36-23-17-22-35(32-36)51-54-49(33-18-9-7-10-19-33)53-50(55-51)34-20-11-8-12-21-34/h7-32H,1-6H3. The van der Waals surface area contributed by atoms with Gasteiger partial charge in [0, 0.05) is 48.6 Å². The highest BCUT2D eigenvalue weighted by Gasteiger charge is 2.60. The Balaban J connectivity index is 1.27. The fourth-order valence-electron chi connectivity index (χ4n) is 10.9. The van der Waals surface area contributed by atoms with Gasteiger partial charge in [0.05, 0.1) is 27.2 Å². The zero-order valence-corrected chi connectivity index (χ0v) is 36.2. The second kappa shape index (κ2) is 12.8. The number of hydrogen-bond donors (Lipinski definition) is 0. The highest BCUT2D eigenvalue weighted by molar-refractivity contribution is 7.00. The number of hydrogen-bond acceptors (Lipinski definition) is 4. The summed E-state index contributed by atoms with van der Waals surface area (Å²) in [7, 11) is -4.05. The maximum absolute atomic E-state index is 6.57. The monoisotopic (exact) mass is 796 g/mol. The first kappa shape index (κ1) is 35.7. The van der Waals surface area contributed by atoms with Crippen LogP contribution in [0.3, 0.4) is 0 Å². The third kappa shape index (κ3) is 5.11. The summed E-state index contributed by atoms with van der Waals surface area (Å²) < 4.78 is 9.06. The number of benzene rings is 7. The minimum absolute atomic E-state index is 0.0733. The molecule has 5 nitrogen and oxygen atoms in total. The second-order valence-corrected chi connectivity index (χ2v) is 29.0. The number of aromatic nitrogens is 4. The number of nitrogens with zero attached hydrogens (tertiary/aromatic N) is 4. The molecule has 3 heterocycles. The van der Waals surface area contributed by atoms with E-state index in [2.05, 4.69) is 165 Å². The summed E-state index contributed by atoms with van der Waals surface area (Å²) in [5, 5.41) is 4.79. The first-order chi connectivity index (χ1) is 28.5. The van der Waals surface area contributed by atoms with Crippen LogP contribution in [0.1, 0.15) is 11.1 Å². The van der Waals surface area contributed by atoms with Gasteiger partial charge in [-0.05, 0) is 52.6 Å². The maximum atomic E-state index is 6.57. The molecular formula is C52H44N4OSi2. The van der Waals surface area contributed by atoms with Crippen LogP contribution in [0, 0.1) is 0 Å². The second-order valence-electron chi connectivity index (χ2n) is 18.0. The van der Waals surface area contributed by atoms with Crippen LogP contribution in [0.5, 0.6) is 0 Å². The zero-order valence-electron chi connectivity index (χ0n) is 34.2. The van der Waals surface area contributed by atoms with Crippen LogP contribution in [0.2, 0.25) is 39.3 Å². The quantitative estimate of drug-likeness (QED) is 0.157. The molecule has 0 saturated heterocycles. The van der Waals surface area contributed by atoms with E-state index in [1.165, 1.54) is 38.5 Å². The van der Waals surface area contributed by atoms with Crippen LogP contribution in [-0.2, 0) is 4.66 Å². The normalized spacial score (nSPS) is 13.7. The van der Waals surface area contributed by atoms with Crippen LogP contribution < -0.4 is 0 Å². The molecule has 3 aromatic heterocycles. The van der Waals surface area contributed by atoms with Crippen molar-refractivity contribution in [2.24, 2.45) is 0 Å². The molecule has 0 amide bonds. The Kier molecular flexibility index (Phi) is 7.74. The first-order valence-electron chi connectivity index (χ1n) is 20.5. The summed E-state index contributed by atoms with van der Waals surface area (Å²) in [6.45, 7) is 15.6. The summed E-state index contributed by atoms with van der Waals surface area (Å²) in [6, 6.07) is 56.3. The van der Waals surface area contributed by atoms with E-state index in [-0.39, 0.29) is 4.66 Å². The third-order valence-electron chi connectivity index (χ3n) is 12.7. The van der Waals surface area contributed by atoms with Gasteiger partial charge >= 0.3 is 0 Å². The average molecular weight is 797 g/mol. The predicted molar refractivity (Wildman–Crippen MR) is 251 cm³/mol. The molecule has 0 N–H and O–H groups in total. The highest BCUT2D eigenvalue weighted by atomic mass is 28.4. The molecule has 0 spiro atoms. The van der Waals surface area contributed by atoms with E-state index in [9.17, 15) is 0 Å². The Bertz CT molecular complexity index is 3230. The smallest absolute Gasteiger partial charge is 0.164 e. The van der Waals surface area contributed by atoms with Gasteiger partial charge in [-0.1, -0.05) is 167 Å². The maximum Gasteiger partial charge on any atom is 0.164 e. The van der Waals surface area contributed by atoms with Gasteiger partial charge in [-0.25, -0.2) is 15.0 Å². The largest absolute Gasteiger partial charge is 0.456 e. The van der Waals surface area contributed by atoms with E-state index in [1.807, 2.05) is 36.4 Å². The molecule has 10 aromatic rings. The number of furan rings is 1. The summed E-state index contributed by atoms with van der Waals surface area (Å²) in [5.41, 5.74) is 13.9. The van der Waals surface area contributed by atoms with Crippen molar-refractivity contribution in [3.63, 3.8) is 0 Å². The van der Waals surface area contributed by atoms with Crippen LogP contribution in [0.15, 0.2) is 162 Å². The van der Waals surface area contributed by atoms with Crippen molar-refractivity contribution >= 4 is 59.9 Å².